The molecule has 0 spiro atoms. The van der Waals surface area contributed by atoms with Crippen molar-refractivity contribution in [3.63, 3.8) is 0 Å². The molecule has 0 aliphatic heterocycles. The molecule has 0 bridgehead atoms. The van der Waals surface area contributed by atoms with Gasteiger partial charge in [0.1, 0.15) is 11.5 Å². The first-order valence-corrected chi connectivity index (χ1v) is 6.33. The van der Waals surface area contributed by atoms with Gasteiger partial charge in [0.05, 0.1) is 5.56 Å². The number of hydrogen-bond acceptors (Lipinski definition) is 3. The van der Waals surface area contributed by atoms with Crippen LogP contribution < -0.4 is 10.5 Å². The van der Waals surface area contributed by atoms with Gasteiger partial charge in [-0.3, -0.25) is 0 Å². The SMILES string of the molecule is Cc1cc(Oc2ccc(N)c(C(=O)O)c2)cc(C)c1Cl. The molecule has 0 radical (unpaired) electrons. The zero-order chi connectivity index (χ0) is 14.9. The number of aryl methyl sites for hydroxylation is 2. The summed E-state index contributed by atoms with van der Waals surface area (Å²) in [6.07, 6.45) is 0. The van der Waals surface area contributed by atoms with Gasteiger partial charge in [-0.05, 0) is 55.3 Å². The molecule has 0 fully saturated rings. The van der Waals surface area contributed by atoms with E-state index in [1.807, 2.05) is 13.8 Å². The van der Waals surface area contributed by atoms with Gasteiger partial charge in [0.25, 0.3) is 0 Å². The molecule has 0 amide bonds. The van der Waals surface area contributed by atoms with Gasteiger partial charge in [-0.2, -0.15) is 0 Å². The lowest BCUT2D eigenvalue weighted by molar-refractivity contribution is 0.0697. The average Bonchev–Trinajstić information content (AvgIpc) is 2.38. The monoisotopic (exact) mass is 291 g/mol. The maximum Gasteiger partial charge on any atom is 0.337 e. The standard InChI is InChI=1S/C15H14ClNO3/c1-8-5-11(6-9(2)14(8)16)20-10-3-4-13(17)12(7-10)15(18)19/h3-7H,17H2,1-2H3,(H,18,19). The molecule has 0 aliphatic rings. The van der Waals surface area contributed by atoms with Gasteiger partial charge in [-0.25, -0.2) is 4.79 Å². The smallest absolute Gasteiger partial charge is 0.337 e. The Morgan fingerprint density at radius 2 is 1.75 bits per heavy atom. The molecule has 2 aromatic carbocycles. The lowest BCUT2D eigenvalue weighted by atomic mass is 10.1. The molecule has 0 unspecified atom stereocenters. The number of benzene rings is 2. The Morgan fingerprint density at radius 1 is 1.15 bits per heavy atom. The van der Waals surface area contributed by atoms with Gasteiger partial charge in [0.2, 0.25) is 0 Å². The first kappa shape index (κ1) is 14.2. The van der Waals surface area contributed by atoms with E-state index in [1.165, 1.54) is 12.1 Å². The summed E-state index contributed by atoms with van der Waals surface area (Å²) in [6, 6.07) is 8.13. The van der Waals surface area contributed by atoms with Crippen LogP contribution in [0.5, 0.6) is 11.5 Å². The zero-order valence-corrected chi connectivity index (χ0v) is 11.9. The third-order valence-corrected chi connectivity index (χ3v) is 3.50. The average molecular weight is 292 g/mol. The molecule has 5 heteroatoms. The van der Waals surface area contributed by atoms with Crippen LogP contribution in [0.2, 0.25) is 5.02 Å². The summed E-state index contributed by atoms with van der Waals surface area (Å²) >= 11 is 6.09. The second-order valence-corrected chi connectivity index (χ2v) is 4.91. The van der Waals surface area contributed by atoms with Crippen molar-refractivity contribution >= 4 is 23.3 Å². The number of rotatable bonds is 3. The molecular weight excluding hydrogens is 278 g/mol. The molecule has 0 atom stereocenters. The summed E-state index contributed by atoms with van der Waals surface area (Å²) in [4.78, 5) is 11.0. The molecule has 0 saturated heterocycles. The number of nitrogens with two attached hydrogens (primary N) is 1. The number of aromatic carboxylic acids is 1. The third-order valence-electron chi connectivity index (χ3n) is 2.90. The third kappa shape index (κ3) is 2.86. The zero-order valence-electron chi connectivity index (χ0n) is 11.1. The molecule has 0 aliphatic carbocycles. The predicted octanol–water partition coefficient (Wildman–Crippen LogP) is 4.03. The Morgan fingerprint density at radius 3 is 2.30 bits per heavy atom. The Labute approximate surface area is 121 Å². The highest BCUT2D eigenvalue weighted by Crippen LogP contribution is 2.30. The number of halogens is 1. The minimum atomic E-state index is -1.09. The molecule has 3 N–H and O–H groups in total. The Hall–Kier alpha value is -2.20. The molecule has 104 valence electrons. The van der Waals surface area contributed by atoms with Gasteiger partial charge in [0.15, 0.2) is 0 Å². The number of carbonyl (C=O) groups is 1. The first-order chi connectivity index (χ1) is 9.38. The second-order valence-electron chi connectivity index (χ2n) is 4.53. The predicted molar refractivity (Wildman–Crippen MR) is 78.8 cm³/mol. The molecule has 0 heterocycles. The summed E-state index contributed by atoms with van der Waals surface area (Å²) in [5.74, 6) is -0.0698. The van der Waals surface area contributed by atoms with Crippen LogP contribution in [0.25, 0.3) is 0 Å². The van der Waals surface area contributed by atoms with Crippen LogP contribution in [-0.2, 0) is 0 Å². The van der Waals surface area contributed by atoms with E-state index in [4.69, 9.17) is 27.2 Å². The second kappa shape index (κ2) is 5.43. The van der Waals surface area contributed by atoms with E-state index in [2.05, 4.69) is 0 Å². The number of anilines is 1. The summed E-state index contributed by atoms with van der Waals surface area (Å²) in [6.45, 7) is 3.77. The molecule has 0 saturated carbocycles. The van der Waals surface area contributed by atoms with E-state index >= 15 is 0 Å². The molecule has 2 rings (SSSR count). The molecule has 4 nitrogen and oxygen atoms in total. The summed E-state index contributed by atoms with van der Waals surface area (Å²) in [5.41, 5.74) is 7.62. The minimum absolute atomic E-state index is 0.0184. The molecule has 0 aromatic heterocycles. The van der Waals surface area contributed by atoms with E-state index in [0.717, 1.165) is 11.1 Å². The first-order valence-electron chi connectivity index (χ1n) is 5.96. The topological polar surface area (TPSA) is 72.5 Å². The van der Waals surface area contributed by atoms with Crippen molar-refractivity contribution in [2.24, 2.45) is 0 Å². The van der Waals surface area contributed by atoms with Crippen LogP contribution in [-0.4, -0.2) is 11.1 Å². The highest BCUT2D eigenvalue weighted by molar-refractivity contribution is 6.32. The van der Waals surface area contributed by atoms with E-state index in [-0.39, 0.29) is 11.3 Å². The van der Waals surface area contributed by atoms with Crippen LogP contribution in [0.1, 0.15) is 21.5 Å². The summed E-state index contributed by atoms with van der Waals surface area (Å²) in [7, 11) is 0. The van der Waals surface area contributed by atoms with Crippen LogP contribution in [0.4, 0.5) is 5.69 Å². The van der Waals surface area contributed by atoms with E-state index in [9.17, 15) is 4.79 Å². The highest BCUT2D eigenvalue weighted by Gasteiger charge is 2.10. The number of carboxylic acids is 1. The van der Waals surface area contributed by atoms with Crippen molar-refractivity contribution in [3.05, 3.63) is 52.0 Å². The van der Waals surface area contributed by atoms with Crippen molar-refractivity contribution < 1.29 is 14.6 Å². The van der Waals surface area contributed by atoms with Crippen LogP contribution in [0.3, 0.4) is 0 Å². The van der Waals surface area contributed by atoms with Gasteiger partial charge >= 0.3 is 5.97 Å². The lowest BCUT2D eigenvalue weighted by Gasteiger charge is -2.11. The van der Waals surface area contributed by atoms with Crippen molar-refractivity contribution in [1.29, 1.82) is 0 Å². The van der Waals surface area contributed by atoms with Gasteiger partial charge < -0.3 is 15.6 Å². The fraction of sp³-hybridized carbons (Fsp3) is 0.133. The minimum Gasteiger partial charge on any atom is -0.478 e. The van der Waals surface area contributed by atoms with Crippen molar-refractivity contribution in [2.45, 2.75) is 13.8 Å². The Bertz CT molecular complexity index is 660. The van der Waals surface area contributed by atoms with Gasteiger partial charge in [0, 0.05) is 10.7 Å². The van der Waals surface area contributed by atoms with Crippen LogP contribution >= 0.6 is 11.6 Å². The van der Waals surface area contributed by atoms with E-state index < -0.39 is 5.97 Å². The Kier molecular flexibility index (Phi) is 3.86. The van der Waals surface area contributed by atoms with Gasteiger partial charge in [-0.1, -0.05) is 11.6 Å². The highest BCUT2D eigenvalue weighted by atomic mass is 35.5. The summed E-state index contributed by atoms with van der Waals surface area (Å²) in [5, 5.41) is 9.72. The maximum absolute atomic E-state index is 11.0. The van der Waals surface area contributed by atoms with Crippen molar-refractivity contribution in [1.82, 2.24) is 0 Å². The molecule has 2 aromatic rings. The van der Waals surface area contributed by atoms with Crippen molar-refractivity contribution in [2.75, 3.05) is 5.73 Å². The quantitative estimate of drug-likeness (QED) is 0.837. The fourth-order valence-electron chi connectivity index (χ4n) is 1.89. The largest absolute Gasteiger partial charge is 0.478 e. The fourth-order valence-corrected chi connectivity index (χ4v) is 1.99. The van der Waals surface area contributed by atoms with Gasteiger partial charge in [-0.15, -0.1) is 0 Å². The number of ether oxygens (including phenoxy) is 1. The normalized spacial score (nSPS) is 10.3. The van der Waals surface area contributed by atoms with E-state index in [1.54, 1.807) is 18.2 Å². The maximum atomic E-state index is 11.0. The van der Waals surface area contributed by atoms with Crippen molar-refractivity contribution in [3.8, 4) is 11.5 Å². The lowest BCUT2D eigenvalue weighted by Crippen LogP contribution is -2.02. The molecule has 20 heavy (non-hydrogen) atoms. The summed E-state index contributed by atoms with van der Waals surface area (Å²) < 4.78 is 5.66. The number of nitrogen functional groups attached to an aromatic ring is 1. The van der Waals surface area contributed by atoms with Crippen LogP contribution in [0.15, 0.2) is 30.3 Å². The number of hydrogen-bond donors (Lipinski definition) is 2. The Balaban J connectivity index is 2.35. The van der Waals surface area contributed by atoms with Crippen LogP contribution in [0, 0.1) is 13.8 Å². The molecular formula is C15H14ClNO3. The number of carboxylic acid groups (broad SMARTS) is 1. The van der Waals surface area contributed by atoms with E-state index in [0.29, 0.717) is 16.5 Å².